The van der Waals surface area contributed by atoms with Gasteiger partial charge in [0, 0.05) is 40.6 Å². The van der Waals surface area contributed by atoms with Gasteiger partial charge in [-0.25, -0.2) is 13.4 Å². The summed E-state index contributed by atoms with van der Waals surface area (Å²) in [6.07, 6.45) is 3.25. The molecule has 0 saturated carbocycles. The number of benzene rings is 1. The largest absolute Gasteiger partial charge is 0.365 e. The highest BCUT2D eigenvalue weighted by molar-refractivity contribution is 14.1. The van der Waals surface area contributed by atoms with Gasteiger partial charge in [-0.1, -0.05) is 22.0 Å². The maximum atomic E-state index is 13.0. The predicted molar refractivity (Wildman–Crippen MR) is 140 cm³/mol. The molecular formula is C21H18BrIN4O3S2. The Kier molecular flexibility index (Phi) is 6.03. The molecule has 1 atom stereocenters. The first kappa shape index (κ1) is 22.3. The zero-order chi connectivity index (χ0) is 22.5. The Labute approximate surface area is 210 Å². The molecule has 7 nitrogen and oxygen atoms in total. The Morgan fingerprint density at radius 2 is 2.12 bits per heavy atom. The summed E-state index contributed by atoms with van der Waals surface area (Å²) in [4.78, 5) is 20.2. The van der Waals surface area contributed by atoms with Crippen molar-refractivity contribution in [1.82, 2.24) is 14.3 Å². The fraction of sp³-hybridized carbons (Fsp3) is 0.238. The van der Waals surface area contributed by atoms with Gasteiger partial charge in [0.2, 0.25) is 0 Å². The number of aromatic nitrogens is 2. The van der Waals surface area contributed by atoms with E-state index < -0.39 is 10.0 Å². The van der Waals surface area contributed by atoms with Crippen molar-refractivity contribution in [3.05, 3.63) is 60.3 Å². The molecule has 1 aliphatic heterocycles. The molecule has 32 heavy (non-hydrogen) atoms. The second kappa shape index (κ2) is 8.67. The maximum absolute atomic E-state index is 13.0. The standard InChI is InChI=1S/C21H18BrIN4O3S2/c22-12-5-6-14-15(9-12)18-19(16(23)10-24-21(18)28)26-20(14)25-13-3-1-7-27(11-13)32(29,30)17-4-2-8-31-17/h2,4-6,8-10,13H,1,3,7,11H2,(H,24,28)(H,25,26)/t13-/m0/s1. The van der Waals surface area contributed by atoms with Gasteiger partial charge in [-0.2, -0.15) is 4.31 Å². The number of thiophene rings is 1. The minimum absolute atomic E-state index is 0.0880. The molecular weight excluding hydrogens is 627 g/mol. The van der Waals surface area contributed by atoms with E-state index in [-0.39, 0.29) is 11.6 Å². The molecule has 1 fully saturated rings. The number of halogens is 2. The number of nitrogens with one attached hydrogen (secondary N) is 2. The minimum Gasteiger partial charge on any atom is -0.365 e. The molecule has 0 bridgehead atoms. The summed E-state index contributed by atoms with van der Waals surface area (Å²) in [5.41, 5.74) is 0.440. The summed E-state index contributed by atoms with van der Waals surface area (Å²) in [7, 11) is -3.50. The summed E-state index contributed by atoms with van der Waals surface area (Å²) in [5, 5.41) is 7.43. The number of sulfonamides is 1. The topological polar surface area (TPSA) is 95.2 Å². The van der Waals surface area contributed by atoms with Crippen LogP contribution in [0.1, 0.15) is 12.8 Å². The molecule has 4 heterocycles. The van der Waals surface area contributed by atoms with Gasteiger partial charge in [0.15, 0.2) is 0 Å². The van der Waals surface area contributed by atoms with Crippen molar-refractivity contribution < 1.29 is 8.42 Å². The van der Waals surface area contributed by atoms with Crippen molar-refractivity contribution in [2.75, 3.05) is 18.4 Å². The average Bonchev–Trinajstić information content (AvgIpc) is 3.32. The second-order valence-corrected chi connectivity index (χ2v) is 12.8. The summed E-state index contributed by atoms with van der Waals surface area (Å²) >= 11 is 6.91. The van der Waals surface area contributed by atoms with Crippen LogP contribution in [0, 0.1) is 3.57 Å². The van der Waals surface area contributed by atoms with Gasteiger partial charge in [-0.15, -0.1) is 11.3 Å². The third-order valence-electron chi connectivity index (χ3n) is 5.56. The molecule has 5 rings (SSSR count). The van der Waals surface area contributed by atoms with Crippen molar-refractivity contribution >= 4 is 87.4 Å². The number of fused-ring (bicyclic) bond motifs is 3. The number of pyridine rings is 2. The lowest BCUT2D eigenvalue weighted by Crippen LogP contribution is -2.45. The van der Waals surface area contributed by atoms with Gasteiger partial charge in [-0.05, 0) is 65.1 Å². The molecule has 1 aromatic carbocycles. The van der Waals surface area contributed by atoms with E-state index in [2.05, 4.69) is 48.8 Å². The van der Waals surface area contributed by atoms with Crippen LogP contribution in [0.2, 0.25) is 0 Å². The Bertz CT molecular complexity index is 1490. The van der Waals surface area contributed by atoms with E-state index in [1.54, 1.807) is 28.0 Å². The zero-order valence-corrected chi connectivity index (χ0v) is 22.0. The van der Waals surface area contributed by atoms with Crippen LogP contribution in [0.5, 0.6) is 0 Å². The summed E-state index contributed by atoms with van der Waals surface area (Å²) in [6.45, 7) is 0.870. The summed E-state index contributed by atoms with van der Waals surface area (Å²) in [6, 6.07) is 9.07. The third-order valence-corrected chi connectivity index (χ3v) is 10.1. The monoisotopic (exact) mass is 644 g/mol. The number of H-pyrrole nitrogens is 1. The van der Waals surface area contributed by atoms with Crippen LogP contribution in [0.3, 0.4) is 0 Å². The molecule has 1 aliphatic rings. The van der Waals surface area contributed by atoms with Crippen molar-refractivity contribution in [3.63, 3.8) is 0 Å². The van der Waals surface area contributed by atoms with E-state index in [0.717, 1.165) is 31.7 Å². The lowest BCUT2D eigenvalue weighted by Gasteiger charge is -2.32. The number of anilines is 1. The Hall–Kier alpha value is -1.54. The molecule has 1 saturated heterocycles. The highest BCUT2D eigenvalue weighted by atomic mass is 127. The maximum Gasteiger partial charge on any atom is 0.258 e. The summed E-state index contributed by atoms with van der Waals surface area (Å²) in [5.74, 6) is 0.656. The smallest absolute Gasteiger partial charge is 0.258 e. The molecule has 11 heteroatoms. The lowest BCUT2D eigenvalue weighted by atomic mass is 10.0. The molecule has 0 unspecified atom stereocenters. The first-order valence-corrected chi connectivity index (χ1v) is 14.1. The quantitative estimate of drug-likeness (QED) is 0.247. The number of piperidine rings is 1. The molecule has 166 valence electrons. The first-order valence-electron chi connectivity index (χ1n) is 9.95. The van der Waals surface area contributed by atoms with Crippen molar-refractivity contribution in [3.8, 4) is 0 Å². The van der Waals surface area contributed by atoms with Crippen LogP contribution >= 0.6 is 49.9 Å². The Morgan fingerprint density at radius 3 is 2.91 bits per heavy atom. The minimum atomic E-state index is -3.50. The van der Waals surface area contributed by atoms with E-state index in [9.17, 15) is 13.2 Å². The summed E-state index contributed by atoms with van der Waals surface area (Å²) < 4.78 is 29.6. The van der Waals surface area contributed by atoms with E-state index in [0.29, 0.717) is 34.0 Å². The Balaban J connectivity index is 1.55. The SMILES string of the molecule is O=c1[nH]cc(I)c2nc(N[C@H]3CCCN(S(=O)(=O)c4cccs4)C3)c3ccc(Br)cc3c12. The Morgan fingerprint density at radius 1 is 1.28 bits per heavy atom. The van der Waals surface area contributed by atoms with Gasteiger partial charge < -0.3 is 10.3 Å². The van der Waals surface area contributed by atoms with Gasteiger partial charge in [0.1, 0.15) is 10.0 Å². The molecule has 4 aromatic rings. The van der Waals surface area contributed by atoms with Crippen LogP contribution in [-0.2, 0) is 10.0 Å². The van der Waals surface area contributed by atoms with E-state index in [1.807, 2.05) is 18.2 Å². The number of aromatic amines is 1. The van der Waals surface area contributed by atoms with Gasteiger partial charge in [0.25, 0.3) is 15.6 Å². The van der Waals surface area contributed by atoms with Gasteiger partial charge in [-0.3, -0.25) is 4.79 Å². The van der Waals surface area contributed by atoms with Crippen molar-refractivity contribution in [2.24, 2.45) is 0 Å². The molecule has 0 aliphatic carbocycles. The number of hydrogen-bond donors (Lipinski definition) is 2. The zero-order valence-electron chi connectivity index (χ0n) is 16.6. The molecule has 0 radical (unpaired) electrons. The lowest BCUT2D eigenvalue weighted by molar-refractivity contribution is 0.327. The van der Waals surface area contributed by atoms with Crippen molar-refractivity contribution in [2.45, 2.75) is 23.1 Å². The molecule has 0 spiro atoms. The van der Waals surface area contributed by atoms with Crippen molar-refractivity contribution in [1.29, 1.82) is 0 Å². The number of hydrogen-bond acceptors (Lipinski definition) is 6. The normalized spacial score (nSPS) is 17.8. The first-order chi connectivity index (χ1) is 15.3. The van der Waals surface area contributed by atoms with Crippen LogP contribution in [0.25, 0.3) is 21.7 Å². The van der Waals surface area contributed by atoms with E-state index in [4.69, 9.17) is 4.98 Å². The number of rotatable bonds is 4. The molecule has 3 aromatic heterocycles. The fourth-order valence-corrected chi connectivity index (χ4v) is 7.65. The highest BCUT2D eigenvalue weighted by Crippen LogP contribution is 2.33. The van der Waals surface area contributed by atoms with E-state index >= 15 is 0 Å². The third kappa shape index (κ3) is 3.98. The average molecular weight is 645 g/mol. The van der Waals surface area contributed by atoms with Crippen LogP contribution < -0.4 is 10.9 Å². The number of nitrogens with zero attached hydrogens (tertiary/aromatic N) is 2. The van der Waals surface area contributed by atoms with Crippen LogP contribution in [0.4, 0.5) is 5.82 Å². The molecule has 2 N–H and O–H groups in total. The van der Waals surface area contributed by atoms with Gasteiger partial charge in [0.05, 0.1) is 14.5 Å². The fourth-order valence-electron chi connectivity index (χ4n) is 4.08. The predicted octanol–water partition coefficient (Wildman–Crippen LogP) is 4.77. The second-order valence-electron chi connectivity index (χ2n) is 7.62. The highest BCUT2D eigenvalue weighted by Gasteiger charge is 2.31. The molecule has 0 amide bonds. The van der Waals surface area contributed by atoms with Gasteiger partial charge >= 0.3 is 0 Å². The van der Waals surface area contributed by atoms with E-state index in [1.165, 1.54) is 11.3 Å². The van der Waals surface area contributed by atoms with Crippen LogP contribution in [-0.4, -0.2) is 41.8 Å². The van der Waals surface area contributed by atoms with Crippen LogP contribution in [0.15, 0.2) is 55.4 Å².